The molecule has 39 heavy (non-hydrogen) atoms. The van der Waals surface area contributed by atoms with Crippen LogP contribution < -0.4 is 15.0 Å². The number of amides is 1. The molecule has 1 saturated heterocycles. The summed E-state index contributed by atoms with van der Waals surface area (Å²) in [5.74, 6) is 1.27. The van der Waals surface area contributed by atoms with Crippen molar-refractivity contribution in [3.8, 4) is 11.5 Å². The molecule has 0 bridgehead atoms. The number of hydrogen-bond donors (Lipinski definition) is 2. The third-order valence-corrected chi connectivity index (χ3v) is 8.15. The van der Waals surface area contributed by atoms with Gasteiger partial charge in [-0.2, -0.15) is 0 Å². The normalized spacial score (nSPS) is 16.0. The van der Waals surface area contributed by atoms with Crippen molar-refractivity contribution in [2.24, 2.45) is 5.92 Å². The van der Waals surface area contributed by atoms with E-state index in [1.807, 2.05) is 6.07 Å². The number of nitrogens with zero attached hydrogens (tertiary/aromatic N) is 4. The van der Waals surface area contributed by atoms with Gasteiger partial charge < -0.3 is 34.1 Å². The molecule has 10 nitrogen and oxygen atoms in total. The van der Waals surface area contributed by atoms with E-state index in [9.17, 15) is 19.8 Å². The van der Waals surface area contributed by atoms with E-state index in [1.165, 1.54) is 0 Å². The molecule has 1 amide bonds. The highest BCUT2D eigenvalue weighted by Crippen LogP contribution is 2.39. The van der Waals surface area contributed by atoms with Crippen molar-refractivity contribution in [2.75, 3.05) is 40.5 Å². The van der Waals surface area contributed by atoms with E-state index in [0.29, 0.717) is 51.0 Å². The number of rotatable bonds is 6. The van der Waals surface area contributed by atoms with E-state index in [-0.39, 0.29) is 43.9 Å². The average Bonchev–Trinajstić information content (AvgIpc) is 3.42. The first kappa shape index (κ1) is 25.5. The number of aliphatic hydroxyl groups excluding tert-OH is 2. The van der Waals surface area contributed by atoms with Crippen LogP contribution in [0.5, 0.6) is 11.5 Å². The number of benzene rings is 2. The predicted molar refractivity (Wildman–Crippen MR) is 147 cm³/mol. The molecule has 2 aliphatic heterocycles. The van der Waals surface area contributed by atoms with E-state index in [2.05, 4.69) is 16.9 Å². The van der Waals surface area contributed by atoms with Gasteiger partial charge in [-0.15, -0.1) is 0 Å². The Morgan fingerprint density at radius 3 is 2.36 bits per heavy atom. The van der Waals surface area contributed by atoms with E-state index < -0.39 is 0 Å². The summed E-state index contributed by atoms with van der Waals surface area (Å²) in [5, 5.41) is 22.3. The fourth-order valence-corrected chi connectivity index (χ4v) is 5.83. The first-order chi connectivity index (χ1) is 18.9. The van der Waals surface area contributed by atoms with Gasteiger partial charge >= 0.3 is 0 Å². The van der Waals surface area contributed by atoms with Gasteiger partial charge in [-0.3, -0.25) is 14.6 Å². The Bertz CT molecular complexity index is 1660. The molecular weight excluding hydrogens is 500 g/mol. The predicted octanol–water partition coefficient (Wildman–Crippen LogP) is 2.22. The monoisotopic (exact) mass is 532 g/mol. The summed E-state index contributed by atoms with van der Waals surface area (Å²) in [6.45, 7) is 2.00. The lowest BCUT2D eigenvalue weighted by Crippen LogP contribution is -2.41. The SMILES string of the molecule is CN1CCC(C(=O)N(C)CCn2c(=O)c3cc(CO)c(CO)cc3c3cnc4cc5c(cc4c32)OCO5)CC1. The van der Waals surface area contributed by atoms with E-state index in [4.69, 9.17) is 9.47 Å². The lowest BCUT2D eigenvalue weighted by Gasteiger charge is -2.31. The minimum Gasteiger partial charge on any atom is -0.454 e. The molecule has 10 heteroatoms. The van der Waals surface area contributed by atoms with Crippen molar-refractivity contribution in [1.82, 2.24) is 19.4 Å². The summed E-state index contributed by atoms with van der Waals surface area (Å²) in [6.07, 6.45) is 3.39. The van der Waals surface area contributed by atoms with Gasteiger partial charge in [0.25, 0.3) is 5.56 Å². The maximum atomic E-state index is 14.0. The number of aromatic nitrogens is 2. The highest BCUT2D eigenvalue weighted by molar-refractivity contribution is 6.14. The van der Waals surface area contributed by atoms with Crippen LogP contribution in [0.4, 0.5) is 0 Å². The van der Waals surface area contributed by atoms with Crippen molar-refractivity contribution in [2.45, 2.75) is 32.6 Å². The zero-order valence-electron chi connectivity index (χ0n) is 22.1. The smallest absolute Gasteiger partial charge is 0.259 e. The largest absolute Gasteiger partial charge is 0.454 e. The highest BCUT2D eigenvalue weighted by atomic mass is 16.7. The molecule has 0 radical (unpaired) electrons. The lowest BCUT2D eigenvalue weighted by molar-refractivity contribution is -0.135. The first-order valence-electron chi connectivity index (χ1n) is 13.2. The minimum atomic E-state index is -0.295. The molecule has 2 aromatic carbocycles. The number of fused-ring (bicyclic) bond motifs is 6. The molecule has 0 saturated carbocycles. The minimum absolute atomic E-state index is 0.00921. The number of carbonyl (C=O) groups is 1. The molecule has 4 aromatic rings. The van der Waals surface area contributed by atoms with Crippen molar-refractivity contribution in [3.63, 3.8) is 0 Å². The maximum Gasteiger partial charge on any atom is 0.259 e. The van der Waals surface area contributed by atoms with Crippen molar-refractivity contribution >= 4 is 38.5 Å². The molecule has 0 spiro atoms. The van der Waals surface area contributed by atoms with Gasteiger partial charge in [0.05, 0.1) is 24.2 Å². The van der Waals surface area contributed by atoms with Crippen LogP contribution in [0.1, 0.15) is 24.0 Å². The number of carbonyl (C=O) groups excluding carboxylic acids is 1. The summed E-state index contributed by atoms with van der Waals surface area (Å²) < 4.78 is 12.9. The molecule has 6 rings (SSSR count). The van der Waals surface area contributed by atoms with E-state index in [1.54, 1.807) is 40.9 Å². The summed E-state index contributed by atoms with van der Waals surface area (Å²) >= 11 is 0. The molecular formula is C29H32N4O6. The number of pyridine rings is 2. The standard InChI is InChI=1S/C29H32N4O6/c1-31-5-3-17(4-6-31)28(36)32(2)7-8-33-27-22-11-25-26(39-16-38-25)12-24(22)30-13-23(27)20-9-18(14-34)19(15-35)10-21(20)29(33)37/h9-13,17,34-35H,3-8,14-16H2,1-2H3. The molecule has 2 N–H and O–H groups in total. The van der Waals surface area contributed by atoms with Crippen molar-refractivity contribution in [3.05, 3.63) is 51.9 Å². The number of hydrogen-bond acceptors (Lipinski definition) is 8. The lowest BCUT2D eigenvalue weighted by atomic mass is 9.96. The fraction of sp³-hybridized carbons (Fsp3) is 0.414. The van der Waals surface area contributed by atoms with Crippen LogP contribution in [-0.4, -0.2) is 76.0 Å². The van der Waals surface area contributed by atoms with Crippen LogP contribution in [0.25, 0.3) is 32.6 Å². The molecule has 0 unspecified atom stereocenters. The maximum absolute atomic E-state index is 14.0. The topological polar surface area (TPSA) is 117 Å². The molecule has 0 aliphatic carbocycles. The van der Waals surface area contributed by atoms with Gasteiger partial charge in [0.1, 0.15) is 0 Å². The Labute approximate surface area is 225 Å². The first-order valence-corrected chi connectivity index (χ1v) is 13.2. The summed E-state index contributed by atoms with van der Waals surface area (Å²) in [6, 6.07) is 7.05. The third-order valence-electron chi connectivity index (χ3n) is 8.15. The Balaban J connectivity index is 1.50. The quantitative estimate of drug-likeness (QED) is 0.363. The van der Waals surface area contributed by atoms with Gasteiger partial charge in [-0.05, 0) is 67.7 Å². The Morgan fingerprint density at radius 1 is 1.00 bits per heavy atom. The molecule has 1 fully saturated rings. The van der Waals surface area contributed by atoms with E-state index >= 15 is 0 Å². The number of ether oxygens (including phenoxy) is 2. The van der Waals surface area contributed by atoms with Crippen molar-refractivity contribution < 1.29 is 24.5 Å². The highest BCUT2D eigenvalue weighted by Gasteiger charge is 2.26. The van der Waals surface area contributed by atoms with Gasteiger partial charge in [-0.1, -0.05) is 0 Å². The third kappa shape index (κ3) is 4.38. The van der Waals surface area contributed by atoms with Crippen LogP contribution in [-0.2, 0) is 24.6 Å². The molecule has 4 heterocycles. The Kier molecular flexibility index (Phi) is 6.62. The number of likely N-dealkylation sites (tertiary alicyclic amines) is 1. The second kappa shape index (κ2) is 10.1. The van der Waals surface area contributed by atoms with E-state index in [0.717, 1.165) is 36.7 Å². The number of likely N-dealkylation sites (N-methyl/N-ethyl adjacent to an activating group) is 1. The molecule has 2 aliphatic rings. The summed E-state index contributed by atoms with van der Waals surface area (Å²) in [4.78, 5) is 35.9. The molecule has 2 aromatic heterocycles. The van der Waals surface area contributed by atoms with Gasteiger partial charge in [-0.25, -0.2) is 0 Å². The van der Waals surface area contributed by atoms with Gasteiger partial charge in [0.15, 0.2) is 11.5 Å². The zero-order valence-corrected chi connectivity index (χ0v) is 22.1. The summed E-state index contributed by atoms with van der Waals surface area (Å²) in [5.41, 5.74) is 2.15. The zero-order chi connectivity index (χ0) is 27.3. The second-order valence-corrected chi connectivity index (χ2v) is 10.5. The molecule has 0 atom stereocenters. The Hall–Kier alpha value is -3.73. The van der Waals surface area contributed by atoms with Gasteiger partial charge in [0.2, 0.25) is 12.7 Å². The van der Waals surface area contributed by atoms with Crippen LogP contribution >= 0.6 is 0 Å². The van der Waals surface area contributed by atoms with Crippen LogP contribution in [0, 0.1) is 5.92 Å². The molecule has 204 valence electrons. The fourth-order valence-electron chi connectivity index (χ4n) is 5.83. The number of aliphatic hydroxyl groups is 2. The number of piperidine rings is 1. The van der Waals surface area contributed by atoms with Crippen molar-refractivity contribution in [1.29, 1.82) is 0 Å². The van der Waals surface area contributed by atoms with Gasteiger partial charge in [0, 0.05) is 54.5 Å². The second-order valence-electron chi connectivity index (χ2n) is 10.5. The van der Waals surface area contributed by atoms with Crippen LogP contribution in [0.15, 0.2) is 35.3 Å². The van der Waals surface area contributed by atoms with Crippen LogP contribution in [0.2, 0.25) is 0 Å². The summed E-state index contributed by atoms with van der Waals surface area (Å²) in [7, 11) is 3.86. The average molecular weight is 533 g/mol. The van der Waals surface area contributed by atoms with Crippen LogP contribution in [0.3, 0.4) is 0 Å². The Morgan fingerprint density at radius 2 is 1.67 bits per heavy atom.